The number of benzene rings is 2. The van der Waals surface area contributed by atoms with Crippen LogP contribution < -0.4 is 0 Å². The van der Waals surface area contributed by atoms with Crippen molar-refractivity contribution >= 4 is 36.2 Å². The molecule has 2 heteroatoms. The molecule has 134 valence electrons. The van der Waals surface area contributed by atoms with E-state index in [4.69, 9.17) is 0 Å². The molecule has 2 unspecified atom stereocenters. The number of allylic oxidation sites excluding steroid dienone is 2. The summed E-state index contributed by atoms with van der Waals surface area (Å²) in [6, 6.07) is 15.8. The van der Waals surface area contributed by atoms with Gasteiger partial charge in [-0.3, -0.25) is 0 Å². The highest BCUT2D eigenvalue weighted by Crippen LogP contribution is 2.54. The minimum absolute atomic E-state index is 0.577. The lowest BCUT2D eigenvalue weighted by Crippen LogP contribution is -2.43. The second-order valence-electron chi connectivity index (χ2n) is 8.75. The van der Waals surface area contributed by atoms with E-state index in [1.54, 1.807) is 11.1 Å². The van der Waals surface area contributed by atoms with Crippen LogP contribution in [0.3, 0.4) is 0 Å². The molecule has 0 heterocycles. The van der Waals surface area contributed by atoms with Crippen LogP contribution >= 0.6 is 15.9 Å². The number of fused-ring (bicyclic) bond motifs is 2. The summed E-state index contributed by atoms with van der Waals surface area (Å²) in [5.41, 5.74) is 10.3. The molecule has 0 saturated heterocycles. The summed E-state index contributed by atoms with van der Waals surface area (Å²) in [7, 11) is -1.71. The van der Waals surface area contributed by atoms with Crippen LogP contribution in [-0.4, -0.2) is 8.07 Å². The average Bonchev–Trinajstić information content (AvgIpc) is 3.14. The molecule has 0 aromatic heterocycles. The predicted octanol–water partition coefficient (Wildman–Crippen LogP) is 7.57. The first-order chi connectivity index (χ1) is 12.3. The summed E-state index contributed by atoms with van der Waals surface area (Å²) in [4.78, 5) is 0. The van der Waals surface area contributed by atoms with Gasteiger partial charge in [-0.15, -0.1) is 0 Å². The van der Waals surface area contributed by atoms with Gasteiger partial charge in [0.1, 0.15) is 0 Å². The molecule has 0 aliphatic heterocycles. The highest BCUT2D eigenvalue weighted by atomic mass is 79.9. The summed E-state index contributed by atoms with van der Waals surface area (Å²) in [6.45, 7) is 12.3. The van der Waals surface area contributed by atoms with E-state index in [0.29, 0.717) is 17.0 Å². The van der Waals surface area contributed by atoms with Gasteiger partial charge in [0.05, 0.1) is 8.07 Å². The molecule has 26 heavy (non-hydrogen) atoms. The highest BCUT2D eigenvalue weighted by molar-refractivity contribution is 9.10. The van der Waals surface area contributed by atoms with Gasteiger partial charge in [-0.25, -0.2) is 0 Å². The fraction of sp³-hybridized carbons (Fsp3) is 0.333. The molecule has 2 atom stereocenters. The Morgan fingerprint density at radius 1 is 0.885 bits per heavy atom. The molecule has 0 N–H and O–H groups in total. The number of halogens is 1. The van der Waals surface area contributed by atoms with Crippen LogP contribution in [0.1, 0.15) is 54.1 Å². The van der Waals surface area contributed by atoms with Crippen molar-refractivity contribution in [2.75, 3.05) is 0 Å². The van der Waals surface area contributed by atoms with Gasteiger partial charge in [0.2, 0.25) is 0 Å². The lowest BCUT2D eigenvalue weighted by Gasteiger charge is -2.40. The van der Waals surface area contributed by atoms with Gasteiger partial charge in [-0.1, -0.05) is 103 Å². The van der Waals surface area contributed by atoms with E-state index < -0.39 is 8.07 Å². The lowest BCUT2D eigenvalue weighted by atomic mass is 10.0. The quantitative estimate of drug-likeness (QED) is 0.447. The van der Waals surface area contributed by atoms with Crippen molar-refractivity contribution in [1.29, 1.82) is 0 Å². The third-order valence-corrected chi connectivity index (χ3v) is 11.4. The summed E-state index contributed by atoms with van der Waals surface area (Å²) in [5, 5.41) is 0. The first-order valence-corrected chi connectivity index (χ1v) is 13.5. The van der Waals surface area contributed by atoms with E-state index in [0.717, 1.165) is 0 Å². The van der Waals surface area contributed by atoms with Crippen LogP contribution in [0.15, 0.2) is 58.1 Å². The normalized spacial score (nSPS) is 21.5. The van der Waals surface area contributed by atoms with Gasteiger partial charge in [-0.2, -0.15) is 0 Å². The van der Waals surface area contributed by atoms with Crippen molar-refractivity contribution < 1.29 is 0 Å². The minimum Gasteiger partial charge on any atom is -0.0679 e. The second-order valence-corrected chi connectivity index (χ2v) is 14.4. The Labute approximate surface area is 167 Å². The van der Waals surface area contributed by atoms with Gasteiger partial charge < -0.3 is 0 Å². The maximum absolute atomic E-state index is 3.77. The number of hydrogen-bond acceptors (Lipinski definition) is 0. The molecule has 2 aliphatic rings. The zero-order valence-electron chi connectivity index (χ0n) is 16.3. The summed E-state index contributed by atoms with van der Waals surface area (Å²) < 4.78 is 1.23. The molecule has 2 aliphatic carbocycles. The zero-order valence-corrected chi connectivity index (χ0v) is 18.9. The first kappa shape index (κ1) is 18.0. The SMILES string of the molecule is CC1=Cc2c(Br)cccc2C1[Si](C)(C)C1C(C(C)C)=Cc2ccccc21. The Hall–Kier alpha value is -1.38. The topological polar surface area (TPSA) is 0 Å². The molecule has 0 nitrogen and oxygen atoms in total. The lowest BCUT2D eigenvalue weighted by molar-refractivity contribution is 0.731. The Kier molecular flexibility index (Phi) is 4.40. The maximum atomic E-state index is 3.77. The van der Waals surface area contributed by atoms with Gasteiger partial charge >= 0.3 is 0 Å². The third kappa shape index (κ3) is 2.61. The summed E-state index contributed by atoms with van der Waals surface area (Å²) in [6.07, 6.45) is 4.90. The largest absolute Gasteiger partial charge is 0.0722 e. The highest BCUT2D eigenvalue weighted by Gasteiger charge is 2.47. The monoisotopic (exact) mass is 422 g/mol. The Bertz CT molecular complexity index is 933. The first-order valence-electron chi connectivity index (χ1n) is 9.59. The van der Waals surface area contributed by atoms with E-state index in [2.05, 4.69) is 104 Å². The van der Waals surface area contributed by atoms with Gasteiger partial charge in [0.25, 0.3) is 0 Å². The van der Waals surface area contributed by atoms with E-state index >= 15 is 0 Å². The van der Waals surface area contributed by atoms with Gasteiger partial charge in [0, 0.05) is 15.6 Å². The fourth-order valence-electron chi connectivity index (χ4n) is 5.35. The Morgan fingerprint density at radius 2 is 1.58 bits per heavy atom. The third-order valence-electron chi connectivity index (χ3n) is 6.34. The van der Waals surface area contributed by atoms with Crippen LogP contribution in [0.5, 0.6) is 0 Å². The number of hydrogen-bond donors (Lipinski definition) is 0. The molecule has 0 saturated carbocycles. The molecular formula is C24H27BrSi. The smallest absolute Gasteiger partial charge is 0.0679 e. The van der Waals surface area contributed by atoms with Crippen molar-refractivity contribution in [2.24, 2.45) is 5.92 Å². The van der Waals surface area contributed by atoms with Crippen molar-refractivity contribution in [1.82, 2.24) is 0 Å². The molecule has 0 fully saturated rings. The van der Waals surface area contributed by atoms with Crippen molar-refractivity contribution in [3.63, 3.8) is 0 Å². The second kappa shape index (κ2) is 6.35. The summed E-state index contributed by atoms with van der Waals surface area (Å²) in [5.74, 6) is 0.590. The molecule has 0 radical (unpaired) electrons. The minimum atomic E-state index is -1.71. The zero-order chi connectivity index (χ0) is 18.6. The van der Waals surface area contributed by atoms with E-state index in [9.17, 15) is 0 Å². The Balaban J connectivity index is 1.87. The van der Waals surface area contributed by atoms with Gasteiger partial charge in [-0.05, 0) is 41.2 Å². The number of rotatable bonds is 3. The van der Waals surface area contributed by atoms with Crippen molar-refractivity contribution in [3.05, 3.63) is 80.3 Å². The van der Waals surface area contributed by atoms with E-state index in [1.165, 1.54) is 26.7 Å². The van der Waals surface area contributed by atoms with E-state index in [-0.39, 0.29) is 0 Å². The molecule has 2 aromatic carbocycles. The molecule has 4 rings (SSSR count). The predicted molar refractivity (Wildman–Crippen MR) is 120 cm³/mol. The van der Waals surface area contributed by atoms with Crippen molar-refractivity contribution in [2.45, 2.75) is 44.9 Å². The molecular weight excluding hydrogens is 396 g/mol. The average molecular weight is 423 g/mol. The standard InChI is InChI=1S/C24H27BrSi/c1-15(2)20-14-17-9-6-7-10-18(17)24(20)26(4,5)23-16(3)13-21-19(23)11-8-12-22(21)25/h6-15,23-24H,1-5H3. The van der Waals surface area contributed by atoms with Crippen molar-refractivity contribution in [3.8, 4) is 0 Å². The summed E-state index contributed by atoms with van der Waals surface area (Å²) >= 11 is 3.77. The van der Waals surface area contributed by atoms with Crippen LogP contribution in [0.4, 0.5) is 0 Å². The van der Waals surface area contributed by atoms with Crippen LogP contribution in [0.25, 0.3) is 12.2 Å². The van der Waals surface area contributed by atoms with Crippen LogP contribution in [0.2, 0.25) is 13.1 Å². The molecule has 0 spiro atoms. The fourth-order valence-corrected chi connectivity index (χ4v) is 10.8. The Morgan fingerprint density at radius 3 is 2.31 bits per heavy atom. The van der Waals surface area contributed by atoms with Crippen LogP contribution in [0, 0.1) is 5.92 Å². The van der Waals surface area contributed by atoms with Crippen LogP contribution in [-0.2, 0) is 0 Å². The maximum Gasteiger partial charge on any atom is 0.0722 e. The van der Waals surface area contributed by atoms with E-state index in [1.807, 2.05) is 0 Å². The molecule has 0 bridgehead atoms. The molecule has 2 aromatic rings. The molecule has 0 amide bonds. The van der Waals surface area contributed by atoms with Gasteiger partial charge in [0.15, 0.2) is 0 Å².